The molecule has 0 spiro atoms. The van der Waals surface area contributed by atoms with Gasteiger partial charge in [0.25, 0.3) is 5.91 Å². The SMILES string of the molecule is CCCN(CC(=O)O)C(=O)c1cccc2cnccc12. The molecule has 104 valence electrons. The highest BCUT2D eigenvalue weighted by Crippen LogP contribution is 2.19. The number of hydrogen-bond acceptors (Lipinski definition) is 3. The van der Waals surface area contributed by atoms with Crippen molar-refractivity contribution in [1.82, 2.24) is 9.88 Å². The van der Waals surface area contributed by atoms with Crippen molar-refractivity contribution in [3.8, 4) is 0 Å². The molecule has 1 aromatic carbocycles. The third-order valence-corrected chi connectivity index (χ3v) is 3.02. The van der Waals surface area contributed by atoms with Crippen LogP contribution >= 0.6 is 0 Å². The molecule has 1 heterocycles. The van der Waals surface area contributed by atoms with E-state index in [1.807, 2.05) is 13.0 Å². The second-order valence-electron chi connectivity index (χ2n) is 4.52. The summed E-state index contributed by atoms with van der Waals surface area (Å²) in [5, 5.41) is 10.6. The Hall–Kier alpha value is -2.43. The van der Waals surface area contributed by atoms with Crippen LogP contribution in [0.5, 0.6) is 0 Å². The molecule has 0 fully saturated rings. The molecule has 0 atom stereocenters. The van der Waals surface area contributed by atoms with Crippen LogP contribution in [0.1, 0.15) is 23.7 Å². The van der Waals surface area contributed by atoms with Gasteiger partial charge in [-0.2, -0.15) is 0 Å². The number of nitrogens with zero attached hydrogens (tertiary/aromatic N) is 2. The fourth-order valence-corrected chi connectivity index (χ4v) is 2.16. The predicted molar refractivity (Wildman–Crippen MR) is 75.6 cm³/mol. The molecule has 0 aliphatic carbocycles. The molecule has 0 radical (unpaired) electrons. The van der Waals surface area contributed by atoms with Crippen molar-refractivity contribution >= 4 is 22.6 Å². The lowest BCUT2D eigenvalue weighted by molar-refractivity contribution is -0.137. The molecule has 5 nitrogen and oxygen atoms in total. The number of rotatable bonds is 5. The summed E-state index contributed by atoms with van der Waals surface area (Å²) in [7, 11) is 0. The smallest absolute Gasteiger partial charge is 0.323 e. The molecule has 20 heavy (non-hydrogen) atoms. The van der Waals surface area contributed by atoms with E-state index in [9.17, 15) is 9.59 Å². The van der Waals surface area contributed by atoms with Gasteiger partial charge in [-0.15, -0.1) is 0 Å². The van der Waals surface area contributed by atoms with Gasteiger partial charge in [-0.05, 0) is 23.9 Å². The zero-order chi connectivity index (χ0) is 14.5. The van der Waals surface area contributed by atoms with Gasteiger partial charge in [0, 0.05) is 29.9 Å². The first-order valence-corrected chi connectivity index (χ1v) is 6.47. The van der Waals surface area contributed by atoms with Crippen LogP contribution in [0.2, 0.25) is 0 Å². The van der Waals surface area contributed by atoms with Gasteiger partial charge in [-0.3, -0.25) is 14.6 Å². The Kier molecular flexibility index (Phi) is 4.30. The van der Waals surface area contributed by atoms with E-state index in [2.05, 4.69) is 4.98 Å². The predicted octanol–water partition coefficient (Wildman–Crippen LogP) is 2.17. The van der Waals surface area contributed by atoms with Crippen molar-refractivity contribution in [3.63, 3.8) is 0 Å². The minimum Gasteiger partial charge on any atom is -0.480 e. The Morgan fingerprint density at radius 1 is 1.30 bits per heavy atom. The van der Waals surface area contributed by atoms with Crippen molar-refractivity contribution in [2.75, 3.05) is 13.1 Å². The standard InChI is InChI=1S/C15H16N2O3/c1-2-8-17(10-14(18)19)15(20)13-5-3-4-11-9-16-7-6-12(11)13/h3-7,9H,2,8,10H2,1H3,(H,18,19). The molecular formula is C15H16N2O3. The van der Waals surface area contributed by atoms with Crippen molar-refractivity contribution < 1.29 is 14.7 Å². The maximum absolute atomic E-state index is 12.5. The van der Waals surface area contributed by atoms with E-state index >= 15 is 0 Å². The van der Waals surface area contributed by atoms with Crippen LogP contribution in [-0.2, 0) is 4.79 Å². The number of carboxylic acid groups (broad SMARTS) is 1. The van der Waals surface area contributed by atoms with Gasteiger partial charge in [0.2, 0.25) is 0 Å². The third kappa shape index (κ3) is 2.93. The van der Waals surface area contributed by atoms with Crippen LogP contribution in [0, 0.1) is 0 Å². The number of carbonyl (C=O) groups excluding carboxylic acids is 1. The molecule has 2 rings (SSSR count). The van der Waals surface area contributed by atoms with Crippen molar-refractivity contribution in [2.24, 2.45) is 0 Å². The van der Waals surface area contributed by atoms with Crippen molar-refractivity contribution in [2.45, 2.75) is 13.3 Å². The number of pyridine rings is 1. The molecule has 1 aromatic heterocycles. The van der Waals surface area contributed by atoms with E-state index < -0.39 is 5.97 Å². The van der Waals surface area contributed by atoms with Gasteiger partial charge < -0.3 is 10.0 Å². The first-order valence-electron chi connectivity index (χ1n) is 6.47. The number of aromatic nitrogens is 1. The van der Waals surface area contributed by atoms with E-state index in [4.69, 9.17) is 5.11 Å². The highest BCUT2D eigenvalue weighted by molar-refractivity contribution is 6.07. The quantitative estimate of drug-likeness (QED) is 0.905. The molecular weight excluding hydrogens is 256 g/mol. The number of carbonyl (C=O) groups is 2. The van der Waals surface area contributed by atoms with Gasteiger partial charge >= 0.3 is 5.97 Å². The Balaban J connectivity index is 2.40. The summed E-state index contributed by atoms with van der Waals surface area (Å²) in [6.07, 6.45) is 4.03. The molecule has 0 aliphatic rings. The maximum atomic E-state index is 12.5. The lowest BCUT2D eigenvalue weighted by Crippen LogP contribution is -2.36. The van der Waals surface area contributed by atoms with Gasteiger partial charge in [-0.1, -0.05) is 19.1 Å². The monoisotopic (exact) mass is 272 g/mol. The highest BCUT2D eigenvalue weighted by Gasteiger charge is 2.19. The van der Waals surface area contributed by atoms with Crippen LogP contribution in [0.25, 0.3) is 10.8 Å². The molecule has 0 saturated carbocycles. The number of benzene rings is 1. The van der Waals surface area contributed by atoms with E-state index in [0.29, 0.717) is 18.5 Å². The molecule has 5 heteroatoms. The van der Waals surface area contributed by atoms with Gasteiger partial charge in [0.05, 0.1) is 0 Å². The number of aliphatic carboxylic acids is 1. The Bertz CT molecular complexity index is 635. The third-order valence-electron chi connectivity index (χ3n) is 3.02. The van der Waals surface area contributed by atoms with Gasteiger partial charge in [0.1, 0.15) is 6.54 Å². The van der Waals surface area contributed by atoms with Crippen LogP contribution < -0.4 is 0 Å². The van der Waals surface area contributed by atoms with Gasteiger partial charge in [0.15, 0.2) is 0 Å². The van der Waals surface area contributed by atoms with Crippen LogP contribution in [0.4, 0.5) is 0 Å². The van der Waals surface area contributed by atoms with E-state index in [-0.39, 0.29) is 12.5 Å². The fourth-order valence-electron chi connectivity index (χ4n) is 2.16. The molecule has 2 aromatic rings. The average Bonchev–Trinajstić information content (AvgIpc) is 2.45. The van der Waals surface area contributed by atoms with E-state index in [1.165, 1.54) is 4.90 Å². The number of fused-ring (bicyclic) bond motifs is 1. The Morgan fingerprint density at radius 3 is 2.80 bits per heavy atom. The topological polar surface area (TPSA) is 70.5 Å². The largest absolute Gasteiger partial charge is 0.480 e. The van der Waals surface area contributed by atoms with Crippen LogP contribution in [0.3, 0.4) is 0 Å². The summed E-state index contributed by atoms with van der Waals surface area (Å²) in [5.74, 6) is -1.26. The summed E-state index contributed by atoms with van der Waals surface area (Å²) >= 11 is 0. The molecule has 0 bridgehead atoms. The van der Waals surface area contributed by atoms with Crippen molar-refractivity contribution in [1.29, 1.82) is 0 Å². The summed E-state index contributed by atoms with van der Waals surface area (Å²) in [6, 6.07) is 7.14. The lowest BCUT2D eigenvalue weighted by atomic mass is 10.1. The van der Waals surface area contributed by atoms with E-state index in [0.717, 1.165) is 10.8 Å². The first-order chi connectivity index (χ1) is 9.63. The summed E-state index contributed by atoms with van der Waals surface area (Å²) in [5.41, 5.74) is 0.514. The molecule has 0 saturated heterocycles. The van der Waals surface area contributed by atoms with Gasteiger partial charge in [-0.25, -0.2) is 0 Å². The Morgan fingerprint density at radius 2 is 2.10 bits per heavy atom. The fraction of sp³-hybridized carbons (Fsp3) is 0.267. The summed E-state index contributed by atoms with van der Waals surface area (Å²) < 4.78 is 0. The van der Waals surface area contributed by atoms with Crippen LogP contribution in [0.15, 0.2) is 36.7 Å². The Labute approximate surface area is 116 Å². The highest BCUT2D eigenvalue weighted by atomic mass is 16.4. The minimum atomic E-state index is -1.01. The number of amides is 1. The molecule has 0 unspecified atom stereocenters. The summed E-state index contributed by atoms with van der Waals surface area (Å²) in [6.45, 7) is 2.05. The number of hydrogen-bond donors (Lipinski definition) is 1. The summed E-state index contributed by atoms with van der Waals surface area (Å²) in [4.78, 5) is 28.8. The zero-order valence-electron chi connectivity index (χ0n) is 11.2. The second kappa shape index (κ2) is 6.14. The first kappa shape index (κ1) is 14.0. The average molecular weight is 272 g/mol. The lowest BCUT2D eigenvalue weighted by Gasteiger charge is -2.20. The minimum absolute atomic E-state index is 0.258. The molecule has 1 amide bonds. The maximum Gasteiger partial charge on any atom is 0.323 e. The molecule has 0 aliphatic heterocycles. The number of carboxylic acids is 1. The van der Waals surface area contributed by atoms with Crippen molar-refractivity contribution in [3.05, 3.63) is 42.2 Å². The van der Waals surface area contributed by atoms with Crippen LogP contribution in [-0.4, -0.2) is 40.0 Å². The second-order valence-corrected chi connectivity index (χ2v) is 4.52. The molecule has 1 N–H and O–H groups in total. The normalized spacial score (nSPS) is 10.4. The zero-order valence-corrected chi connectivity index (χ0v) is 11.2. The van der Waals surface area contributed by atoms with E-state index in [1.54, 1.807) is 30.6 Å².